The Hall–Kier alpha value is -3.44. The number of imide groups is 1. The lowest BCUT2D eigenvalue weighted by Crippen LogP contribution is -2.55. The number of hydrogen-bond acceptors (Lipinski definition) is 3. The number of carbonyl (C=O) groups excluding carboxylic acids is 2. The van der Waals surface area contributed by atoms with E-state index in [1.807, 2.05) is 30.3 Å². The summed E-state index contributed by atoms with van der Waals surface area (Å²) in [4.78, 5) is 32.1. The van der Waals surface area contributed by atoms with E-state index in [1.54, 1.807) is 11.9 Å². The Balaban J connectivity index is 1.30. The van der Waals surface area contributed by atoms with Gasteiger partial charge >= 0.3 is 6.03 Å². The van der Waals surface area contributed by atoms with Gasteiger partial charge < -0.3 is 9.80 Å². The molecule has 3 aromatic carbocycles. The lowest BCUT2D eigenvalue weighted by atomic mass is 9.84. The lowest BCUT2D eigenvalue weighted by molar-refractivity contribution is -0.135. The summed E-state index contributed by atoms with van der Waals surface area (Å²) in [5, 5.41) is 0. The average molecular weight is 454 g/mol. The molecule has 0 saturated carbocycles. The normalized spacial score (nSPS) is 18.3. The minimum absolute atomic E-state index is 0.0498. The molecule has 1 spiro atoms. The molecular weight excluding hydrogens is 422 g/mol. The van der Waals surface area contributed by atoms with Crippen molar-refractivity contribution in [3.05, 3.63) is 108 Å². The summed E-state index contributed by atoms with van der Waals surface area (Å²) in [6.45, 7) is 2.81. The molecule has 0 aliphatic carbocycles. The van der Waals surface area contributed by atoms with Gasteiger partial charge in [0.05, 0.1) is 6.54 Å². The van der Waals surface area contributed by atoms with E-state index in [2.05, 4.69) is 65.6 Å². The maximum absolute atomic E-state index is 13.5. The van der Waals surface area contributed by atoms with Gasteiger partial charge in [-0.3, -0.25) is 9.69 Å². The van der Waals surface area contributed by atoms with Gasteiger partial charge in [-0.2, -0.15) is 0 Å². The van der Waals surface area contributed by atoms with Gasteiger partial charge in [0.1, 0.15) is 5.54 Å². The first kappa shape index (κ1) is 22.4. The molecule has 3 aromatic rings. The van der Waals surface area contributed by atoms with E-state index in [-0.39, 0.29) is 17.9 Å². The van der Waals surface area contributed by atoms with Gasteiger partial charge in [-0.15, -0.1) is 0 Å². The molecule has 3 amide bonds. The molecule has 2 fully saturated rings. The fourth-order valence-corrected chi connectivity index (χ4v) is 5.44. The van der Waals surface area contributed by atoms with E-state index in [0.29, 0.717) is 19.4 Å². The monoisotopic (exact) mass is 453 g/mol. The van der Waals surface area contributed by atoms with E-state index >= 15 is 0 Å². The number of likely N-dealkylation sites (N-methyl/N-ethyl adjacent to an activating group) is 1. The van der Waals surface area contributed by atoms with Gasteiger partial charge in [-0.1, -0.05) is 91.0 Å². The predicted molar refractivity (Wildman–Crippen MR) is 133 cm³/mol. The van der Waals surface area contributed by atoms with Crippen molar-refractivity contribution in [2.45, 2.75) is 30.8 Å². The van der Waals surface area contributed by atoms with Crippen molar-refractivity contribution in [3.63, 3.8) is 0 Å². The average Bonchev–Trinajstić information content (AvgIpc) is 3.06. The van der Waals surface area contributed by atoms with Crippen molar-refractivity contribution in [1.29, 1.82) is 0 Å². The summed E-state index contributed by atoms with van der Waals surface area (Å²) in [7, 11) is 1.79. The molecule has 34 heavy (non-hydrogen) atoms. The third-order valence-electron chi connectivity index (χ3n) is 7.51. The molecular formula is C29H31N3O2. The van der Waals surface area contributed by atoms with Crippen LogP contribution in [0.2, 0.25) is 0 Å². The standard InChI is InChI=1S/C29H31N3O2/c1-30-28(34)32(21-23-11-5-2-6-12-23)27(33)29(30)17-19-31(20-18-29)22-26(24-13-7-3-8-14-24)25-15-9-4-10-16-25/h2-16,26H,17-22H2,1H3. The van der Waals surface area contributed by atoms with Crippen LogP contribution in [0.1, 0.15) is 35.4 Å². The number of amides is 3. The molecule has 174 valence electrons. The first-order valence-electron chi connectivity index (χ1n) is 12.0. The molecule has 0 radical (unpaired) electrons. The van der Waals surface area contributed by atoms with Gasteiger partial charge in [0.25, 0.3) is 5.91 Å². The van der Waals surface area contributed by atoms with Crippen LogP contribution in [0.4, 0.5) is 4.79 Å². The summed E-state index contributed by atoms with van der Waals surface area (Å²) in [6.07, 6.45) is 1.32. The van der Waals surface area contributed by atoms with Crippen LogP contribution in [0, 0.1) is 0 Å². The molecule has 2 saturated heterocycles. The molecule has 0 N–H and O–H groups in total. The first-order valence-corrected chi connectivity index (χ1v) is 12.0. The van der Waals surface area contributed by atoms with Crippen LogP contribution >= 0.6 is 0 Å². The van der Waals surface area contributed by atoms with Crippen LogP contribution < -0.4 is 0 Å². The summed E-state index contributed by atoms with van der Waals surface area (Å²) in [6, 6.07) is 30.8. The first-order chi connectivity index (χ1) is 16.6. The zero-order valence-corrected chi connectivity index (χ0v) is 19.6. The van der Waals surface area contributed by atoms with Crippen LogP contribution in [0.3, 0.4) is 0 Å². The zero-order chi connectivity index (χ0) is 23.5. The Morgan fingerprint density at radius 2 is 1.26 bits per heavy atom. The van der Waals surface area contributed by atoms with Crippen molar-refractivity contribution in [2.75, 3.05) is 26.7 Å². The zero-order valence-electron chi connectivity index (χ0n) is 19.6. The number of benzene rings is 3. The third-order valence-corrected chi connectivity index (χ3v) is 7.51. The van der Waals surface area contributed by atoms with Gasteiger partial charge in [0.2, 0.25) is 0 Å². The number of carbonyl (C=O) groups is 2. The Morgan fingerprint density at radius 1 is 0.765 bits per heavy atom. The minimum Gasteiger partial charge on any atom is -0.312 e. The van der Waals surface area contributed by atoms with Crippen LogP contribution in [-0.2, 0) is 11.3 Å². The highest BCUT2D eigenvalue weighted by Gasteiger charge is 2.56. The molecule has 2 heterocycles. The Kier molecular flexibility index (Phi) is 6.20. The SMILES string of the molecule is CN1C(=O)N(Cc2ccccc2)C(=O)C12CCN(CC(c1ccccc1)c1ccccc1)CC2. The fourth-order valence-electron chi connectivity index (χ4n) is 5.44. The van der Waals surface area contributed by atoms with Crippen LogP contribution in [0.25, 0.3) is 0 Å². The largest absolute Gasteiger partial charge is 0.327 e. The Bertz CT molecular complexity index is 1090. The number of hydrogen-bond donors (Lipinski definition) is 0. The van der Waals surface area contributed by atoms with Crippen LogP contribution in [-0.4, -0.2) is 58.9 Å². The van der Waals surface area contributed by atoms with Crippen LogP contribution in [0.5, 0.6) is 0 Å². The molecule has 0 atom stereocenters. The molecule has 0 aromatic heterocycles. The van der Waals surface area contributed by atoms with Gasteiger partial charge in [0, 0.05) is 32.6 Å². The smallest absolute Gasteiger partial charge is 0.312 e. The van der Waals surface area contributed by atoms with Gasteiger partial charge in [-0.25, -0.2) is 4.79 Å². The number of piperidine rings is 1. The third kappa shape index (κ3) is 4.12. The van der Waals surface area contributed by atoms with E-state index < -0.39 is 5.54 Å². The molecule has 2 aliphatic rings. The van der Waals surface area contributed by atoms with Crippen LogP contribution in [0.15, 0.2) is 91.0 Å². The van der Waals surface area contributed by atoms with Gasteiger partial charge in [-0.05, 0) is 29.5 Å². The van der Waals surface area contributed by atoms with E-state index in [1.165, 1.54) is 16.0 Å². The molecule has 0 unspecified atom stereocenters. The lowest BCUT2D eigenvalue weighted by Gasteiger charge is -2.41. The quantitative estimate of drug-likeness (QED) is 0.506. The topological polar surface area (TPSA) is 43.9 Å². The highest BCUT2D eigenvalue weighted by Crippen LogP contribution is 2.38. The maximum Gasteiger partial charge on any atom is 0.327 e. The van der Waals surface area contributed by atoms with Crippen molar-refractivity contribution in [1.82, 2.24) is 14.7 Å². The predicted octanol–water partition coefficient (Wildman–Crippen LogP) is 4.75. The van der Waals surface area contributed by atoms with Crippen molar-refractivity contribution in [3.8, 4) is 0 Å². The molecule has 5 nitrogen and oxygen atoms in total. The number of urea groups is 1. The Morgan fingerprint density at radius 3 is 1.79 bits per heavy atom. The summed E-state index contributed by atoms with van der Waals surface area (Å²) >= 11 is 0. The number of likely N-dealkylation sites (tertiary alicyclic amines) is 1. The summed E-state index contributed by atoms with van der Waals surface area (Å²) < 4.78 is 0. The Labute approximate surface area is 201 Å². The van der Waals surface area contributed by atoms with E-state index in [0.717, 1.165) is 25.2 Å². The van der Waals surface area contributed by atoms with Crippen molar-refractivity contribution < 1.29 is 9.59 Å². The highest BCUT2D eigenvalue weighted by molar-refractivity contribution is 6.06. The maximum atomic E-state index is 13.5. The molecule has 5 rings (SSSR count). The van der Waals surface area contributed by atoms with E-state index in [9.17, 15) is 9.59 Å². The van der Waals surface area contributed by atoms with Crippen molar-refractivity contribution >= 4 is 11.9 Å². The second kappa shape index (κ2) is 9.43. The summed E-state index contributed by atoms with van der Waals surface area (Å²) in [5.41, 5.74) is 2.84. The summed E-state index contributed by atoms with van der Waals surface area (Å²) in [5.74, 6) is 0.218. The molecule has 5 heteroatoms. The number of rotatable bonds is 6. The van der Waals surface area contributed by atoms with Gasteiger partial charge in [0.15, 0.2) is 0 Å². The second-order valence-electron chi connectivity index (χ2n) is 9.42. The molecule has 2 aliphatic heterocycles. The van der Waals surface area contributed by atoms with Crippen molar-refractivity contribution in [2.24, 2.45) is 0 Å². The highest BCUT2D eigenvalue weighted by atomic mass is 16.2. The molecule has 0 bridgehead atoms. The second-order valence-corrected chi connectivity index (χ2v) is 9.42. The number of nitrogens with zero attached hydrogens (tertiary/aromatic N) is 3. The van der Waals surface area contributed by atoms with E-state index in [4.69, 9.17) is 0 Å². The fraction of sp³-hybridized carbons (Fsp3) is 0.310. The minimum atomic E-state index is -0.725.